The smallest absolute Gasteiger partial charge is 0.334 e. The number of Topliss-reactive ketones (excluding diaryl/α,β-unsaturated/α-hetero) is 1. The Hall–Kier alpha value is -1.45. The molecule has 0 aromatic heterocycles. The Labute approximate surface area is 88.7 Å². The van der Waals surface area contributed by atoms with Gasteiger partial charge in [-0.2, -0.15) is 0 Å². The molecule has 0 bridgehead atoms. The highest BCUT2D eigenvalue weighted by molar-refractivity contribution is 6.33. The van der Waals surface area contributed by atoms with E-state index in [0.717, 1.165) is 0 Å². The molecule has 0 amide bonds. The second-order valence-electron chi connectivity index (χ2n) is 4.25. The first-order chi connectivity index (χ1) is 6.81. The van der Waals surface area contributed by atoms with E-state index in [-0.39, 0.29) is 17.3 Å². The van der Waals surface area contributed by atoms with Gasteiger partial charge in [-0.25, -0.2) is 4.79 Å². The topological polar surface area (TPSA) is 66.7 Å². The Morgan fingerprint density at radius 3 is 2.40 bits per heavy atom. The minimum atomic E-state index is -1.06. The van der Waals surface area contributed by atoms with E-state index in [0.29, 0.717) is 5.70 Å². The summed E-state index contributed by atoms with van der Waals surface area (Å²) in [4.78, 5) is 26.7. The maximum atomic E-state index is 11.8. The van der Waals surface area contributed by atoms with Gasteiger partial charge in [0.15, 0.2) is 5.78 Å². The molecule has 1 aliphatic rings. The molecular formula is C11H15NO3. The average molecular weight is 209 g/mol. The molecule has 82 valence electrons. The van der Waals surface area contributed by atoms with Crippen LogP contribution in [-0.2, 0) is 9.59 Å². The summed E-state index contributed by atoms with van der Waals surface area (Å²) in [5.41, 5.74) is -0.430. The largest absolute Gasteiger partial charge is 0.478 e. The van der Waals surface area contributed by atoms with Crippen LogP contribution in [0.25, 0.3) is 0 Å². The fourth-order valence-corrected chi connectivity index (χ4v) is 1.80. The summed E-state index contributed by atoms with van der Waals surface area (Å²) in [5.74, 6) is -1.37. The normalized spacial score (nSPS) is 26.3. The minimum absolute atomic E-state index is 0.0715. The molecule has 0 aliphatic carbocycles. The Balaban J connectivity index is 3.42. The lowest BCUT2D eigenvalue weighted by atomic mass is 9.68. The number of hydrogen-bond acceptors (Lipinski definition) is 3. The molecule has 0 radical (unpaired) electrons. The molecule has 1 atom stereocenters. The van der Waals surface area contributed by atoms with Crippen LogP contribution in [0.15, 0.2) is 16.3 Å². The lowest BCUT2D eigenvalue weighted by molar-refractivity contribution is -0.137. The molecule has 0 saturated carbocycles. The third-order valence-electron chi connectivity index (χ3n) is 3.14. The molecular weight excluding hydrogens is 194 g/mol. The number of carboxylic acid groups (broad SMARTS) is 1. The van der Waals surface area contributed by atoms with Crippen LogP contribution in [-0.4, -0.2) is 23.1 Å². The zero-order valence-electron chi connectivity index (χ0n) is 9.37. The quantitative estimate of drug-likeness (QED) is 0.752. The van der Waals surface area contributed by atoms with Gasteiger partial charge in [-0.15, -0.1) is 0 Å². The monoisotopic (exact) mass is 209 g/mol. The second-order valence-corrected chi connectivity index (χ2v) is 4.25. The van der Waals surface area contributed by atoms with Gasteiger partial charge >= 0.3 is 5.97 Å². The zero-order chi connectivity index (χ0) is 11.8. The van der Waals surface area contributed by atoms with E-state index < -0.39 is 11.4 Å². The molecule has 15 heavy (non-hydrogen) atoms. The van der Waals surface area contributed by atoms with Crippen LogP contribution in [0.5, 0.6) is 0 Å². The van der Waals surface area contributed by atoms with Crippen LogP contribution in [0.4, 0.5) is 0 Å². The summed E-state index contributed by atoms with van der Waals surface area (Å²) in [5, 5.41) is 9.13. The van der Waals surface area contributed by atoms with Gasteiger partial charge in [0.1, 0.15) is 0 Å². The predicted molar refractivity (Wildman–Crippen MR) is 56.8 cm³/mol. The van der Waals surface area contributed by atoms with E-state index in [9.17, 15) is 9.59 Å². The van der Waals surface area contributed by atoms with Crippen LogP contribution in [0, 0.1) is 11.3 Å². The van der Waals surface area contributed by atoms with Crippen LogP contribution < -0.4 is 0 Å². The van der Waals surface area contributed by atoms with Gasteiger partial charge in [-0.1, -0.05) is 13.8 Å². The van der Waals surface area contributed by atoms with Crippen molar-refractivity contribution >= 4 is 18.0 Å². The highest BCUT2D eigenvalue weighted by Crippen LogP contribution is 2.40. The number of carbonyl (C=O) groups excluding carboxylic acids is 1. The number of nitrogens with zero attached hydrogens (tertiary/aromatic N) is 1. The highest BCUT2D eigenvalue weighted by atomic mass is 16.4. The van der Waals surface area contributed by atoms with Gasteiger partial charge in [0.2, 0.25) is 0 Å². The van der Waals surface area contributed by atoms with E-state index in [1.54, 1.807) is 13.8 Å². The van der Waals surface area contributed by atoms with E-state index >= 15 is 0 Å². The number of carbonyl (C=O) groups is 2. The molecule has 1 aliphatic heterocycles. The van der Waals surface area contributed by atoms with Gasteiger partial charge < -0.3 is 5.11 Å². The van der Waals surface area contributed by atoms with Crippen molar-refractivity contribution < 1.29 is 14.7 Å². The minimum Gasteiger partial charge on any atom is -0.478 e. The molecule has 1 heterocycles. The number of carboxylic acids is 1. The Morgan fingerprint density at radius 1 is 1.53 bits per heavy atom. The highest BCUT2D eigenvalue weighted by Gasteiger charge is 2.45. The number of rotatable bonds is 2. The SMILES string of the molecule is CC1=C(C(=O)O)C(C)(C(C)C)C(=O)C=N1. The van der Waals surface area contributed by atoms with E-state index in [1.807, 2.05) is 13.8 Å². The van der Waals surface area contributed by atoms with Gasteiger partial charge in [0.05, 0.1) is 17.2 Å². The molecule has 0 spiro atoms. The Bertz CT molecular complexity index is 379. The van der Waals surface area contributed by atoms with Crippen molar-refractivity contribution in [2.24, 2.45) is 16.3 Å². The average Bonchev–Trinajstić information content (AvgIpc) is 2.11. The van der Waals surface area contributed by atoms with E-state index in [4.69, 9.17) is 5.11 Å². The third kappa shape index (κ3) is 1.60. The van der Waals surface area contributed by atoms with Crippen molar-refractivity contribution in [3.63, 3.8) is 0 Å². The Kier molecular flexibility index (Phi) is 2.79. The summed E-state index contributed by atoms with van der Waals surface area (Å²) in [7, 11) is 0. The fraction of sp³-hybridized carbons (Fsp3) is 0.545. The first-order valence-electron chi connectivity index (χ1n) is 4.85. The number of aliphatic carboxylic acids is 1. The second kappa shape index (κ2) is 3.61. The molecule has 0 aromatic carbocycles. The third-order valence-corrected chi connectivity index (χ3v) is 3.14. The summed E-state index contributed by atoms with van der Waals surface area (Å²) < 4.78 is 0. The molecule has 0 fully saturated rings. The van der Waals surface area contributed by atoms with Crippen molar-refractivity contribution in [1.82, 2.24) is 0 Å². The number of ketones is 1. The van der Waals surface area contributed by atoms with Crippen molar-refractivity contribution in [3.05, 3.63) is 11.3 Å². The molecule has 1 N–H and O–H groups in total. The Morgan fingerprint density at radius 2 is 2.07 bits per heavy atom. The van der Waals surface area contributed by atoms with Crippen LogP contribution >= 0.6 is 0 Å². The maximum absolute atomic E-state index is 11.8. The molecule has 4 nitrogen and oxygen atoms in total. The van der Waals surface area contributed by atoms with E-state index in [2.05, 4.69) is 4.99 Å². The zero-order valence-corrected chi connectivity index (χ0v) is 9.37. The van der Waals surface area contributed by atoms with Gasteiger partial charge in [0.25, 0.3) is 0 Å². The maximum Gasteiger partial charge on any atom is 0.334 e. The number of allylic oxidation sites excluding steroid dienone is 1. The number of aliphatic imine (C=N–C) groups is 1. The van der Waals surface area contributed by atoms with Crippen LogP contribution in [0.1, 0.15) is 27.7 Å². The summed E-state index contributed by atoms with van der Waals surface area (Å²) in [6, 6.07) is 0. The van der Waals surface area contributed by atoms with Crippen molar-refractivity contribution in [2.75, 3.05) is 0 Å². The molecule has 1 rings (SSSR count). The van der Waals surface area contributed by atoms with Crippen molar-refractivity contribution in [3.8, 4) is 0 Å². The predicted octanol–water partition coefficient (Wildman–Crippen LogP) is 1.66. The molecule has 4 heteroatoms. The lowest BCUT2D eigenvalue weighted by Gasteiger charge is -2.34. The summed E-state index contributed by atoms with van der Waals surface area (Å²) in [6.45, 7) is 6.96. The fourth-order valence-electron chi connectivity index (χ4n) is 1.80. The van der Waals surface area contributed by atoms with Gasteiger partial charge in [-0.05, 0) is 19.8 Å². The van der Waals surface area contributed by atoms with Gasteiger partial charge in [0, 0.05) is 5.70 Å². The van der Waals surface area contributed by atoms with Crippen molar-refractivity contribution in [1.29, 1.82) is 0 Å². The lowest BCUT2D eigenvalue weighted by Crippen LogP contribution is -2.41. The first-order valence-corrected chi connectivity index (χ1v) is 4.85. The van der Waals surface area contributed by atoms with Crippen molar-refractivity contribution in [2.45, 2.75) is 27.7 Å². The summed E-state index contributed by atoms with van der Waals surface area (Å²) >= 11 is 0. The molecule has 1 unspecified atom stereocenters. The van der Waals surface area contributed by atoms with Crippen LogP contribution in [0.2, 0.25) is 0 Å². The van der Waals surface area contributed by atoms with Crippen LogP contribution in [0.3, 0.4) is 0 Å². The number of hydrogen-bond donors (Lipinski definition) is 1. The summed E-state index contributed by atoms with van der Waals surface area (Å²) in [6.07, 6.45) is 1.22. The first kappa shape index (κ1) is 11.6. The van der Waals surface area contributed by atoms with E-state index in [1.165, 1.54) is 6.21 Å². The standard InChI is InChI=1S/C11H15NO3/c1-6(2)11(4)8(13)5-12-7(3)9(11)10(14)15/h5-6H,1-4H3,(H,14,15). The van der Waals surface area contributed by atoms with Gasteiger partial charge in [-0.3, -0.25) is 9.79 Å². The molecule has 0 aromatic rings. The molecule has 0 saturated heterocycles.